The van der Waals surface area contributed by atoms with Crippen LogP contribution in [0.4, 0.5) is 0 Å². The molecule has 0 aliphatic heterocycles. The van der Waals surface area contributed by atoms with Crippen molar-refractivity contribution >= 4 is 0 Å². The van der Waals surface area contributed by atoms with E-state index >= 15 is 0 Å². The summed E-state index contributed by atoms with van der Waals surface area (Å²) >= 11 is 0. The molecular weight excluding hydrogens is 222 g/mol. The average molecular weight is 245 g/mol. The largest absolute Gasteiger partial charge is 0.508 e. The molecule has 2 nitrogen and oxygen atoms in total. The molecule has 3 N–H and O–H groups in total. The summed E-state index contributed by atoms with van der Waals surface area (Å²) in [5.41, 5.74) is 7.79. The van der Waals surface area contributed by atoms with Crippen LogP contribution in [0.3, 0.4) is 0 Å². The number of phenols is 1. The second-order valence-corrected chi connectivity index (χ2v) is 6.45. The van der Waals surface area contributed by atoms with E-state index in [1.54, 1.807) is 6.07 Å². The van der Waals surface area contributed by atoms with Crippen molar-refractivity contribution in [3.63, 3.8) is 0 Å². The smallest absolute Gasteiger partial charge is 0.115 e. The van der Waals surface area contributed by atoms with Crippen molar-refractivity contribution in [2.24, 2.45) is 17.6 Å². The maximum absolute atomic E-state index is 9.76. The molecular formula is C16H23NO. The fourth-order valence-electron chi connectivity index (χ4n) is 4.38. The monoisotopic (exact) mass is 245 g/mol. The van der Waals surface area contributed by atoms with E-state index in [4.69, 9.17) is 5.73 Å². The van der Waals surface area contributed by atoms with Gasteiger partial charge in [0, 0.05) is 6.04 Å². The van der Waals surface area contributed by atoms with E-state index in [2.05, 4.69) is 13.0 Å². The molecule has 98 valence electrons. The van der Waals surface area contributed by atoms with Gasteiger partial charge in [-0.2, -0.15) is 0 Å². The molecule has 2 bridgehead atoms. The van der Waals surface area contributed by atoms with Crippen molar-refractivity contribution < 1.29 is 5.11 Å². The molecule has 0 radical (unpaired) electrons. The van der Waals surface area contributed by atoms with Crippen molar-refractivity contribution in [3.05, 3.63) is 29.8 Å². The third kappa shape index (κ3) is 1.83. The lowest BCUT2D eigenvalue weighted by atomic mass is 9.54. The average Bonchev–Trinajstić information content (AvgIpc) is 2.34. The maximum Gasteiger partial charge on any atom is 0.115 e. The molecule has 1 aromatic rings. The van der Waals surface area contributed by atoms with E-state index in [1.165, 1.54) is 31.2 Å². The molecule has 0 spiro atoms. The van der Waals surface area contributed by atoms with Gasteiger partial charge < -0.3 is 10.8 Å². The summed E-state index contributed by atoms with van der Waals surface area (Å²) in [7, 11) is 0. The normalized spacial score (nSPS) is 39.6. The van der Waals surface area contributed by atoms with E-state index in [9.17, 15) is 5.11 Å². The maximum atomic E-state index is 9.76. The van der Waals surface area contributed by atoms with Gasteiger partial charge in [-0.3, -0.25) is 0 Å². The van der Waals surface area contributed by atoms with Crippen LogP contribution in [0.5, 0.6) is 5.75 Å². The summed E-state index contributed by atoms with van der Waals surface area (Å²) in [6, 6.07) is 8.19. The Kier molecular flexibility index (Phi) is 2.86. The highest BCUT2D eigenvalue weighted by Gasteiger charge is 2.47. The minimum absolute atomic E-state index is 0.208. The van der Waals surface area contributed by atoms with Crippen LogP contribution in [0.25, 0.3) is 0 Å². The van der Waals surface area contributed by atoms with Crippen molar-refractivity contribution in [1.82, 2.24) is 0 Å². The summed E-state index contributed by atoms with van der Waals surface area (Å²) in [4.78, 5) is 0. The topological polar surface area (TPSA) is 46.2 Å². The van der Waals surface area contributed by atoms with Gasteiger partial charge in [-0.05, 0) is 60.6 Å². The van der Waals surface area contributed by atoms with Gasteiger partial charge in [-0.25, -0.2) is 0 Å². The first-order valence-electron chi connectivity index (χ1n) is 7.15. The van der Waals surface area contributed by atoms with Gasteiger partial charge in [-0.1, -0.05) is 25.5 Å². The fraction of sp³-hybridized carbons (Fsp3) is 0.625. The number of hydrogen-bond donors (Lipinski definition) is 2. The standard InChI is InChI=1S/C16H23NO/c1-11-5-6-12-7-14(17)10-16(11,9-12)13-3-2-4-15(18)8-13/h2-4,8,11-12,14,18H,5-7,9-10,17H2,1H3/t11?,12?,14-,16?/m0/s1. The minimum atomic E-state index is 0.208. The molecule has 0 aromatic heterocycles. The summed E-state index contributed by atoms with van der Waals surface area (Å²) in [6.45, 7) is 2.36. The first-order chi connectivity index (χ1) is 8.60. The van der Waals surface area contributed by atoms with E-state index in [0.717, 1.165) is 12.3 Å². The first-order valence-corrected chi connectivity index (χ1v) is 7.15. The second-order valence-electron chi connectivity index (χ2n) is 6.45. The molecule has 2 fully saturated rings. The van der Waals surface area contributed by atoms with Gasteiger partial charge in [0.1, 0.15) is 5.75 Å². The minimum Gasteiger partial charge on any atom is -0.508 e. The zero-order valence-corrected chi connectivity index (χ0v) is 11.1. The number of rotatable bonds is 1. The molecule has 4 atom stereocenters. The summed E-state index contributed by atoms with van der Waals surface area (Å²) in [5.74, 6) is 1.84. The summed E-state index contributed by atoms with van der Waals surface area (Å²) in [5, 5.41) is 9.76. The SMILES string of the molecule is CC1CCC2C[C@H](N)CC1(c1cccc(O)c1)C2. The molecule has 3 rings (SSSR count). The zero-order chi connectivity index (χ0) is 12.8. The highest BCUT2D eigenvalue weighted by Crippen LogP contribution is 2.53. The van der Waals surface area contributed by atoms with Gasteiger partial charge >= 0.3 is 0 Å². The Hall–Kier alpha value is -1.02. The van der Waals surface area contributed by atoms with Crippen LogP contribution in [0.1, 0.15) is 44.6 Å². The van der Waals surface area contributed by atoms with Crippen LogP contribution in [0.2, 0.25) is 0 Å². The van der Waals surface area contributed by atoms with E-state index in [1.807, 2.05) is 12.1 Å². The molecule has 3 unspecified atom stereocenters. The van der Waals surface area contributed by atoms with Crippen molar-refractivity contribution in [2.45, 2.75) is 50.5 Å². The molecule has 0 saturated heterocycles. The molecule has 1 aromatic carbocycles. The fourth-order valence-corrected chi connectivity index (χ4v) is 4.38. The molecule has 18 heavy (non-hydrogen) atoms. The van der Waals surface area contributed by atoms with Crippen LogP contribution >= 0.6 is 0 Å². The number of benzene rings is 1. The highest BCUT2D eigenvalue weighted by molar-refractivity contribution is 5.35. The zero-order valence-electron chi connectivity index (χ0n) is 11.1. The Morgan fingerprint density at radius 1 is 1.28 bits per heavy atom. The summed E-state index contributed by atoms with van der Waals surface area (Å²) < 4.78 is 0. The van der Waals surface area contributed by atoms with Gasteiger partial charge in [-0.15, -0.1) is 0 Å². The molecule has 0 amide bonds. The number of hydrogen-bond acceptors (Lipinski definition) is 2. The first kappa shape index (κ1) is 12.0. The quantitative estimate of drug-likeness (QED) is 0.798. The Labute approximate surface area is 109 Å². The van der Waals surface area contributed by atoms with Crippen LogP contribution in [-0.2, 0) is 5.41 Å². The molecule has 2 aliphatic carbocycles. The van der Waals surface area contributed by atoms with Crippen molar-refractivity contribution in [2.75, 3.05) is 0 Å². The predicted octanol–water partition coefficient (Wildman–Crippen LogP) is 3.19. The lowest BCUT2D eigenvalue weighted by Crippen LogP contribution is -2.49. The van der Waals surface area contributed by atoms with Crippen molar-refractivity contribution in [3.8, 4) is 5.75 Å². The number of nitrogens with two attached hydrogens (primary N) is 1. The highest BCUT2D eigenvalue weighted by atomic mass is 16.3. The van der Waals surface area contributed by atoms with E-state index < -0.39 is 0 Å². The van der Waals surface area contributed by atoms with Crippen molar-refractivity contribution in [1.29, 1.82) is 0 Å². The molecule has 2 saturated carbocycles. The van der Waals surface area contributed by atoms with E-state index in [-0.39, 0.29) is 5.41 Å². The molecule has 2 heteroatoms. The lowest BCUT2D eigenvalue weighted by molar-refractivity contribution is 0.0795. The van der Waals surface area contributed by atoms with E-state index in [0.29, 0.717) is 17.7 Å². The van der Waals surface area contributed by atoms with Crippen LogP contribution < -0.4 is 5.73 Å². The Balaban J connectivity index is 2.04. The van der Waals surface area contributed by atoms with Gasteiger partial charge in [0.25, 0.3) is 0 Å². The molecule has 0 heterocycles. The Morgan fingerprint density at radius 2 is 2.11 bits per heavy atom. The number of phenolic OH excluding ortho intramolecular Hbond substituents is 1. The second kappa shape index (κ2) is 4.27. The predicted molar refractivity (Wildman–Crippen MR) is 73.5 cm³/mol. The van der Waals surface area contributed by atoms with Gasteiger partial charge in [0.2, 0.25) is 0 Å². The van der Waals surface area contributed by atoms with Crippen LogP contribution in [0, 0.1) is 11.8 Å². The Morgan fingerprint density at radius 3 is 2.89 bits per heavy atom. The van der Waals surface area contributed by atoms with Gasteiger partial charge in [0.15, 0.2) is 0 Å². The summed E-state index contributed by atoms with van der Waals surface area (Å²) in [6.07, 6.45) is 6.15. The van der Waals surface area contributed by atoms with Crippen LogP contribution in [-0.4, -0.2) is 11.1 Å². The van der Waals surface area contributed by atoms with Crippen LogP contribution in [0.15, 0.2) is 24.3 Å². The molecule has 2 aliphatic rings. The van der Waals surface area contributed by atoms with Gasteiger partial charge in [0.05, 0.1) is 0 Å². The number of fused-ring (bicyclic) bond motifs is 2. The third-order valence-corrected chi connectivity index (χ3v) is 5.29. The lowest BCUT2D eigenvalue weighted by Gasteiger charge is -2.52. The third-order valence-electron chi connectivity index (χ3n) is 5.29. The number of aromatic hydroxyl groups is 1. The Bertz CT molecular complexity index is 440.